The second-order valence-electron chi connectivity index (χ2n) is 6.44. The van der Waals surface area contributed by atoms with E-state index < -0.39 is 5.60 Å². The molecule has 0 aromatic carbocycles. The van der Waals surface area contributed by atoms with Crippen LogP contribution in [0.2, 0.25) is 0 Å². The molecule has 22 heavy (non-hydrogen) atoms. The minimum atomic E-state index is -0.434. The normalized spacial score (nSPS) is 17.1. The summed E-state index contributed by atoms with van der Waals surface area (Å²) < 4.78 is 6.60. The standard InChI is InChI=1S/C18H28BrNO2/c1-6-8-9-14(7-2)16(19)15-10-12-20(13-11-15)17(21)22-18(3,4)5/h7-9H,6,10-13H2,1-5H3/b9-8-,14-7+. The van der Waals surface area contributed by atoms with Gasteiger partial charge in [0.1, 0.15) is 5.60 Å². The monoisotopic (exact) mass is 369 g/mol. The van der Waals surface area contributed by atoms with Crippen LogP contribution >= 0.6 is 15.9 Å². The van der Waals surface area contributed by atoms with Gasteiger partial charge in [0.25, 0.3) is 0 Å². The van der Waals surface area contributed by atoms with Gasteiger partial charge in [-0.25, -0.2) is 4.79 Å². The lowest BCUT2D eigenvalue weighted by Crippen LogP contribution is -2.40. The maximum Gasteiger partial charge on any atom is 0.410 e. The first kappa shape index (κ1) is 19.0. The van der Waals surface area contributed by atoms with Gasteiger partial charge in [-0.05, 0) is 52.5 Å². The first-order valence-electron chi connectivity index (χ1n) is 7.97. The number of carbonyl (C=O) groups is 1. The summed E-state index contributed by atoms with van der Waals surface area (Å²) in [6, 6.07) is 0. The Balaban J connectivity index is 2.69. The van der Waals surface area contributed by atoms with Gasteiger partial charge in [-0.1, -0.05) is 46.7 Å². The van der Waals surface area contributed by atoms with E-state index in [4.69, 9.17) is 4.74 Å². The number of rotatable bonds is 3. The van der Waals surface area contributed by atoms with E-state index in [0.29, 0.717) is 13.1 Å². The molecule has 124 valence electrons. The fraction of sp³-hybridized carbons (Fsp3) is 0.611. The Hall–Kier alpha value is -1.03. The quantitative estimate of drug-likeness (QED) is 0.607. The van der Waals surface area contributed by atoms with Crippen LogP contribution in [0.5, 0.6) is 0 Å². The molecule has 0 radical (unpaired) electrons. The molecule has 0 bridgehead atoms. The summed E-state index contributed by atoms with van der Waals surface area (Å²) in [5, 5.41) is 0. The number of allylic oxidation sites excluding steroid dienone is 5. The Bertz CT molecular complexity index is 474. The average Bonchev–Trinajstić information content (AvgIpc) is 2.46. The number of amides is 1. The molecule has 0 atom stereocenters. The second kappa shape index (κ2) is 8.56. The Labute approximate surface area is 143 Å². The van der Waals surface area contributed by atoms with E-state index in [1.165, 1.54) is 15.6 Å². The lowest BCUT2D eigenvalue weighted by Gasteiger charge is -2.31. The third-order valence-electron chi connectivity index (χ3n) is 3.43. The molecule has 1 amide bonds. The average molecular weight is 370 g/mol. The molecule has 0 aromatic heterocycles. The van der Waals surface area contributed by atoms with Crippen molar-refractivity contribution in [1.29, 1.82) is 0 Å². The van der Waals surface area contributed by atoms with Crippen LogP contribution in [0.4, 0.5) is 4.79 Å². The van der Waals surface area contributed by atoms with Crippen molar-refractivity contribution in [3.05, 3.63) is 33.9 Å². The number of carbonyl (C=O) groups excluding carboxylic acids is 1. The number of hydrogen-bond donors (Lipinski definition) is 0. The molecule has 4 heteroatoms. The molecule has 1 aliphatic rings. The van der Waals surface area contributed by atoms with E-state index in [1.807, 2.05) is 27.7 Å². The predicted molar refractivity (Wildman–Crippen MR) is 96.2 cm³/mol. The van der Waals surface area contributed by atoms with E-state index in [9.17, 15) is 4.79 Å². The number of ether oxygens (including phenoxy) is 1. The van der Waals surface area contributed by atoms with Crippen LogP contribution < -0.4 is 0 Å². The summed E-state index contributed by atoms with van der Waals surface area (Å²) >= 11 is 3.73. The van der Waals surface area contributed by atoms with Crippen LogP contribution in [0.1, 0.15) is 53.9 Å². The van der Waals surface area contributed by atoms with Gasteiger partial charge in [-0.15, -0.1) is 0 Å². The number of hydrogen-bond acceptors (Lipinski definition) is 2. The summed E-state index contributed by atoms with van der Waals surface area (Å²) in [6.45, 7) is 11.3. The van der Waals surface area contributed by atoms with Crippen molar-refractivity contribution in [3.8, 4) is 0 Å². The van der Waals surface area contributed by atoms with Crippen molar-refractivity contribution in [2.45, 2.75) is 59.5 Å². The molecule has 1 aliphatic heterocycles. The summed E-state index contributed by atoms with van der Waals surface area (Å²) in [7, 11) is 0. The molecule has 0 spiro atoms. The Morgan fingerprint density at radius 1 is 1.32 bits per heavy atom. The minimum Gasteiger partial charge on any atom is -0.444 e. The van der Waals surface area contributed by atoms with E-state index in [-0.39, 0.29) is 6.09 Å². The zero-order chi connectivity index (χ0) is 16.8. The van der Waals surface area contributed by atoms with Gasteiger partial charge in [-0.3, -0.25) is 0 Å². The van der Waals surface area contributed by atoms with Crippen LogP contribution in [0, 0.1) is 0 Å². The second-order valence-corrected chi connectivity index (χ2v) is 7.23. The molecule has 0 unspecified atom stereocenters. The van der Waals surface area contributed by atoms with E-state index in [2.05, 4.69) is 41.1 Å². The van der Waals surface area contributed by atoms with Gasteiger partial charge in [-0.2, -0.15) is 0 Å². The highest BCUT2D eigenvalue weighted by Crippen LogP contribution is 2.30. The van der Waals surface area contributed by atoms with Crippen LogP contribution in [-0.4, -0.2) is 29.7 Å². The topological polar surface area (TPSA) is 29.5 Å². The first-order valence-corrected chi connectivity index (χ1v) is 8.76. The summed E-state index contributed by atoms with van der Waals surface area (Å²) in [5.74, 6) is 0. The zero-order valence-electron chi connectivity index (χ0n) is 14.4. The lowest BCUT2D eigenvalue weighted by molar-refractivity contribution is 0.0236. The predicted octanol–water partition coefficient (Wildman–Crippen LogP) is 5.58. The molecule has 1 rings (SSSR count). The van der Waals surface area contributed by atoms with Crippen molar-refractivity contribution in [1.82, 2.24) is 4.90 Å². The number of nitrogens with zero attached hydrogens (tertiary/aromatic N) is 1. The van der Waals surface area contributed by atoms with Gasteiger partial charge in [0.15, 0.2) is 0 Å². The Kier molecular flexibility index (Phi) is 7.40. The molecule has 0 N–H and O–H groups in total. The summed E-state index contributed by atoms with van der Waals surface area (Å²) in [4.78, 5) is 13.9. The van der Waals surface area contributed by atoms with Gasteiger partial charge >= 0.3 is 6.09 Å². The third kappa shape index (κ3) is 5.99. The van der Waals surface area contributed by atoms with Crippen molar-refractivity contribution in [3.63, 3.8) is 0 Å². The zero-order valence-corrected chi connectivity index (χ0v) is 16.0. The van der Waals surface area contributed by atoms with Gasteiger partial charge in [0.2, 0.25) is 0 Å². The fourth-order valence-corrected chi connectivity index (χ4v) is 3.01. The highest BCUT2D eigenvalue weighted by atomic mass is 79.9. The molecule has 1 saturated heterocycles. The SMILES string of the molecule is C/C=C(\C=C/CC)C(Br)=C1CCN(C(=O)OC(C)(C)C)CC1. The largest absolute Gasteiger partial charge is 0.444 e. The van der Waals surface area contributed by atoms with Crippen molar-refractivity contribution >= 4 is 22.0 Å². The van der Waals surface area contributed by atoms with Gasteiger partial charge < -0.3 is 9.64 Å². The Morgan fingerprint density at radius 3 is 2.36 bits per heavy atom. The highest BCUT2D eigenvalue weighted by molar-refractivity contribution is 9.12. The molecule has 0 aliphatic carbocycles. The maximum atomic E-state index is 12.1. The Morgan fingerprint density at radius 2 is 1.91 bits per heavy atom. The molecule has 1 fully saturated rings. The molecule has 3 nitrogen and oxygen atoms in total. The smallest absolute Gasteiger partial charge is 0.410 e. The third-order valence-corrected chi connectivity index (χ3v) is 4.45. The molecular weight excluding hydrogens is 342 g/mol. The molecule has 0 aromatic rings. The fourth-order valence-electron chi connectivity index (χ4n) is 2.25. The van der Waals surface area contributed by atoms with Crippen LogP contribution in [-0.2, 0) is 4.74 Å². The van der Waals surface area contributed by atoms with Crippen LogP contribution in [0.25, 0.3) is 0 Å². The van der Waals surface area contributed by atoms with Crippen LogP contribution in [0.3, 0.4) is 0 Å². The van der Waals surface area contributed by atoms with Crippen LogP contribution in [0.15, 0.2) is 33.9 Å². The highest BCUT2D eigenvalue weighted by Gasteiger charge is 2.25. The molecular formula is C18H28BrNO2. The maximum absolute atomic E-state index is 12.1. The number of halogens is 1. The molecule has 0 saturated carbocycles. The van der Waals surface area contributed by atoms with Gasteiger partial charge in [0.05, 0.1) is 0 Å². The number of likely N-dealkylation sites (tertiary alicyclic amines) is 1. The van der Waals surface area contributed by atoms with Crippen molar-refractivity contribution in [2.24, 2.45) is 0 Å². The van der Waals surface area contributed by atoms with E-state index in [1.54, 1.807) is 4.90 Å². The van der Waals surface area contributed by atoms with E-state index in [0.717, 1.165) is 19.3 Å². The number of piperidine rings is 1. The lowest BCUT2D eigenvalue weighted by atomic mass is 10.0. The first-order chi connectivity index (χ1) is 10.3. The summed E-state index contributed by atoms with van der Waals surface area (Å²) in [5.41, 5.74) is 2.15. The van der Waals surface area contributed by atoms with E-state index >= 15 is 0 Å². The summed E-state index contributed by atoms with van der Waals surface area (Å²) in [6.07, 6.45) is 9.02. The van der Waals surface area contributed by atoms with Crippen molar-refractivity contribution < 1.29 is 9.53 Å². The van der Waals surface area contributed by atoms with Gasteiger partial charge in [0, 0.05) is 17.6 Å². The molecule has 1 heterocycles. The minimum absolute atomic E-state index is 0.209. The van der Waals surface area contributed by atoms with Crippen molar-refractivity contribution in [2.75, 3.05) is 13.1 Å².